The molecule has 0 N–H and O–H groups in total. The van der Waals surface area contributed by atoms with Crippen molar-refractivity contribution in [2.24, 2.45) is 0 Å². The molecule has 0 bridgehead atoms. The molecule has 0 aliphatic heterocycles. The van der Waals surface area contributed by atoms with Gasteiger partial charge < -0.3 is 9.47 Å². The maximum absolute atomic E-state index is 12.6. The van der Waals surface area contributed by atoms with Crippen molar-refractivity contribution in [3.8, 4) is 11.5 Å². The Balaban J connectivity index is 2.41. The molecule has 0 unspecified atom stereocenters. The Morgan fingerprint density at radius 3 is 1.41 bits per heavy atom. The smallest absolute Gasteiger partial charge is 0.394 e. The van der Waals surface area contributed by atoms with Crippen LogP contribution in [0.2, 0.25) is 0 Å². The monoisotopic (exact) mass is 444 g/mol. The minimum absolute atomic E-state index is 0.107. The van der Waals surface area contributed by atoms with Gasteiger partial charge in [-0.15, -0.1) is 0 Å². The Labute approximate surface area is 186 Å². The van der Waals surface area contributed by atoms with Crippen LogP contribution in [0.15, 0.2) is 36.4 Å². The maximum Gasteiger partial charge on any atom is 0.519 e. The third kappa shape index (κ3) is 5.40. The average Bonchev–Trinajstić information content (AvgIpc) is 2.73. The van der Waals surface area contributed by atoms with Crippen LogP contribution in [-0.4, -0.2) is 16.0 Å². The van der Waals surface area contributed by atoms with E-state index in [4.69, 9.17) is 9.47 Å². The zero-order valence-corrected chi connectivity index (χ0v) is 19.1. The number of non-ortho nitro benzene ring substituents is 2. The number of nitro benzene ring substituents is 2. The van der Waals surface area contributed by atoms with Crippen molar-refractivity contribution in [2.45, 2.75) is 65.2 Å². The molecule has 9 heteroatoms. The van der Waals surface area contributed by atoms with Crippen LogP contribution >= 0.6 is 0 Å². The summed E-state index contributed by atoms with van der Waals surface area (Å²) in [5, 5.41) is 22.4. The van der Waals surface area contributed by atoms with Crippen LogP contribution < -0.4 is 9.47 Å². The molecule has 0 saturated carbocycles. The van der Waals surface area contributed by atoms with Crippen LogP contribution in [-0.2, 0) is 10.8 Å². The predicted octanol–water partition coefficient (Wildman–Crippen LogP) is 6.46. The van der Waals surface area contributed by atoms with Crippen molar-refractivity contribution in [2.75, 3.05) is 0 Å². The lowest BCUT2D eigenvalue weighted by molar-refractivity contribution is -0.385. The van der Waals surface area contributed by atoms with Gasteiger partial charge >= 0.3 is 6.16 Å². The first-order valence-electron chi connectivity index (χ1n) is 10.3. The summed E-state index contributed by atoms with van der Waals surface area (Å²) in [6, 6.07) is 8.05. The lowest BCUT2D eigenvalue weighted by atomic mass is 9.81. The zero-order valence-electron chi connectivity index (χ0n) is 19.1. The van der Waals surface area contributed by atoms with E-state index in [2.05, 4.69) is 0 Å². The molecule has 2 rings (SSSR count). The quantitative estimate of drug-likeness (QED) is 0.198. The summed E-state index contributed by atoms with van der Waals surface area (Å²) in [7, 11) is 0. The summed E-state index contributed by atoms with van der Waals surface area (Å²) in [4.78, 5) is 34.0. The minimum atomic E-state index is -1.03. The highest BCUT2D eigenvalue weighted by molar-refractivity contribution is 5.69. The highest BCUT2D eigenvalue weighted by Gasteiger charge is 2.29. The van der Waals surface area contributed by atoms with Crippen molar-refractivity contribution in [1.29, 1.82) is 0 Å². The molecule has 0 radical (unpaired) electrons. The summed E-state index contributed by atoms with van der Waals surface area (Å²) < 4.78 is 10.9. The molecule has 2 aromatic carbocycles. The van der Waals surface area contributed by atoms with Gasteiger partial charge in [0.15, 0.2) is 0 Å². The van der Waals surface area contributed by atoms with E-state index in [0.717, 1.165) is 0 Å². The van der Waals surface area contributed by atoms with Gasteiger partial charge in [-0.25, -0.2) is 4.79 Å². The first-order chi connectivity index (χ1) is 14.8. The second-order valence-electron chi connectivity index (χ2n) is 8.80. The number of rotatable bonds is 8. The van der Waals surface area contributed by atoms with Crippen LogP contribution in [0, 0.1) is 20.2 Å². The lowest BCUT2D eigenvalue weighted by Gasteiger charge is -2.26. The number of hydrogen-bond donors (Lipinski definition) is 0. The Bertz CT molecular complexity index is 963. The largest absolute Gasteiger partial charge is 0.519 e. The fourth-order valence-electron chi connectivity index (χ4n) is 3.08. The highest BCUT2D eigenvalue weighted by Crippen LogP contribution is 2.39. The first kappa shape index (κ1) is 24.8. The molecule has 0 fully saturated rings. The Morgan fingerprint density at radius 1 is 0.781 bits per heavy atom. The van der Waals surface area contributed by atoms with Crippen LogP contribution in [0.5, 0.6) is 11.5 Å². The second-order valence-corrected chi connectivity index (χ2v) is 8.80. The van der Waals surface area contributed by atoms with Gasteiger partial charge in [0, 0.05) is 35.4 Å². The van der Waals surface area contributed by atoms with Crippen molar-refractivity contribution >= 4 is 17.5 Å². The topological polar surface area (TPSA) is 122 Å². The lowest BCUT2D eigenvalue weighted by Crippen LogP contribution is -2.23. The molecule has 0 saturated heterocycles. The van der Waals surface area contributed by atoms with E-state index < -0.39 is 26.8 Å². The van der Waals surface area contributed by atoms with E-state index in [9.17, 15) is 25.0 Å². The van der Waals surface area contributed by atoms with E-state index in [0.29, 0.717) is 24.0 Å². The molecule has 0 atom stereocenters. The Morgan fingerprint density at radius 2 is 1.12 bits per heavy atom. The number of benzene rings is 2. The molecule has 0 aliphatic rings. The highest BCUT2D eigenvalue weighted by atomic mass is 16.7. The summed E-state index contributed by atoms with van der Waals surface area (Å²) >= 11 is 0. The molecular weight excluding hydrogens is 416 g/mol. The van der Waals surface area contributed by atoms with Crippen LogP contribution in [0.4, 0.5) is 16.2 Å². The number of ether oxygens (including phenoxy) is 2. The molecule has 0 heterocycles. The SMILES string of the molecule is CCC(C)(C)c1cc([N+](=O)[O-])ccc1OC(=O)Oc1ccc([N+](=O)[O-])cc1C(C)(C)CC. The van der Waals surface area contributed by atoms with Crippen molar-refractivity contribution in [1.82, 2.24) is 0 Å². The minimum Gasteiger partial charge on any atom is -0.394 e. The van der Waals surface area contributed by atoms with E-state index in [1.165, 1.54) is 36.4 Å². The first-order valence-corrected chi connectivity index (χ1v) is 10.3. The molecule has 2 aromatic rings. The van der Waals surface area contributed by atoms with Crippen LogP contribution in [0.25, 0.3) is 0 Å². The van der Waals surface area contributed by atoms with Gasteiger partial charge in [0.05, 0.1) is 9.85 Å². The van der Waals surface area contributed by atoms with Gasteiger partial charge in [-0.3, -0.25) is 20.2 Å². The molecule has 9 nitrogen and oxygen atoms in total. The standard InChI is InChI=1S/C23H28N2O7/c1-7-22(3,4)17-13-15(24(27)28)9-11-19(17)31-21(26)32-20-12-10-16(25(29)30)14-18(20)23(5,6)8-2/h9-14H,7-8H2,1-6H3. The molecule has 172 valence electrons. The normalized spacial score (nSPS) is 11.7. The zero-order chi connectivity index (χ0) is 24.3. The summed E-state index contributed by atoms with van der Waals surface area (Å²) in [5.41, 5.74) is -0.198. The number of hydrogen-bond acceptors (Lipinski definition) is 7. The summed E-state index contributed by atoms with van der Waals surface area (Å²) in [5.74, 6) is 0.316. The predicted molar refractivity (Wildman–Crippen MR) is 119 cm³/mol. The fraction of sp³-hybridized carbons (Fsp3) is 0.435. The van der Waals surface area contributed by atoms with E-state index >= 15 is 0 Å². The molecular formula is C23H28N2O7. The van der Waals surface area contributed by atoms with Crippen molar-refractivity contribution < 1.29 is 24.1 Å². The third-order valence-electron chi connectivity index (χ3n) is 5.96. The van der Waals surface area contributed by atoms with Gasteiger partial charge in [0.25, 0.3) is 11.4 Å². The van der Waals surface area contributed by atoms with E-state index in [1.807, 2.05) is 41.5 Å². The fourth-order valence-corrected chi connectivity index (χ4v) is 3.08. The molecule has 0 spiro atoms. The van der Waals surface area contributed by atoms with E-state index in [1.54, 1.807) is 0 Å². The second kappa shape index (κ2) is 9.33. The number of carbonyl (C=O) groups excluding carboxylic acids is 1. The molecule has 0 aromatic heterocycles. The Kier molecular flexibility index (Phi) is 7.23. The number of nitro groups is 2. The van der Waals surface area contributed by atoms with Gasteiger partial charge in [-0.1, -0.05) is 41.5 Å². The average molecular weight is 444 g/mol. The molecule has 32 heavy (non-hydrogen) atoms. The van der Waals surface area contributed by atoms with Gasteiger partial charge in [0.1, 0.15) is 11.5 Å². The van der Waals surface area contributed by atoms with Crippen LogP contribution in [0.1, 0.15) is 65.5 Å². The number of nitrogens with zero attached hydrogens (tertiary/aromatic N) is 2. The van der Waals surface area contributed by atoms with Crippen molar-refractivity contribution in [3.05, 3.63) is 67.8 Å². The molecule has 0 aliphatic carbocycles. The molecule has 0 amide bonds. The number of carbonyl (C=O) groups is 1. The van der Waals surface area contributed by atoms with E-state index in [-0.39, 0.29) is 22.9 Å². The summed E-state index contributed by atoms with van der Waals surface area (Å²) in [6.07, 6.45) is 0.266. The van der Waals surface area contributed by atoms with Gasteiger partial charge in [0.2, 0.25) is 0 Å². The van der Waals surface area contributed by atoms with Gasteiger partial charge in [-0.05, 0) is 35.8 Å². The third-order valence-corrected chi connectivity index (χ3v) is 5.96. The maximum atomic E-state index is 12.6. The van der Waals surface area contributed by atoms with Crippen molar-refractivity contribution in [3.63, 3.8) is 0 Å². The van der Waals surface area contributed by atoms with Gasteiger partial charge in [-0.2, -0.15) is 0 Å². The van der Waals surface area contributed by atoms with Crippen LogP contribution in [0.3, 0.4) is 0 Å². The summed E-state index contributed by atoms with van der Waals surface area (Å²) in [6.45, 7) is 11.4. The Hall–Kier alpha value is -3.49.